The van der Waals surface area contributed by atoms with Gasteiger partial charge in [0, 0.05) is 28.7 Å². The fourth-order valence-corrected chi connectivity index (χ4v) is 9.18. The maximum atomic E-state index is 13.0. The largest absolute Gasteiger partial charge is 0.507 e. The van der Waals surface area contributed by atoms with E-state index in [2.05, 4.69) is 31.2 Å². The maximum Gasteiger partial charge on any atom is 0.311 e. The average Bonchev–Trinajstić information content (AvgIpc) is 3.35. The van der Waals surface area contributed by atoms with Gasteiger partial charge in [0.15, 0.2) is 23.0 Å². The van der Waals surface area contributed by atoms with E-state index in [1.165, 1.54) is 71.3 Å². The zero-order valence-electron chi connectivity index (χ0n) is 41.2. The Morgan fingerprint density at radius 2 is 0.896 bits per heavy atom. The van der Waals surface area contributed by atoms with Crippen LogP contribution in [0.1, 0.15) is 158 Å². The lowest BCUT2D eigenvalue weighted by Crippen LogP contribution is -2.11. The van der Waals surface area contributed by atoms with Gasteiger partial charge in [-0.2, -0.15) is 0 Å². The van der Waals surface area contributed by atoms with Gasteiger partial charge in [-0.25, -0.2) is 0 Å². The van der Waals surface area contributed by atoms with Crippen LogP contribution < -0.4 is 23.7 Å². The van der Waals surface area contributed by atoms with Crippen LogP contribution in [0.2, 0.25) is 0 Å². The zero-order chi connectivity index (χ0) is 47.8. The highest BCUT2D eigenvalue weighted by atomic mass is 16.6. The molecule has 0 amide bonds. The van der Waals surface area contributed by atoms with Crippen LogP contribution in [0.3, 0.4) is 0 Å². The van der Waals surface area contributed by atoms with E-state index in [0.29, 0.717) is 46.3 Å². The molecule has 6 rings (SSSR count). The van der Waals surface area contributed by atoms with Crippen molar-refractivity contribution >= 4 is 5.97 Å². The molecule has 0 atom stereocenters. The molecule has 0 spiro atoms. The quantitative estimate of drug-likeness (QED) is 0.0365. The topological polar surface area (TPSA) is 124 Å². The van der Waals surface area contributed by atoms with Gasteiger partial charge in [-0.05, 0) is 129 Å². The van der Waals surface area contributed by atoms with E-state index in [9.17, 15) is 20.1 Å². The first kappa shape index (κ1) is 52.4. The van der Waals surface area contributed by atoms with Crippen molar-refractivity contribution in [3.05, 3.63) is 95.1 Å². The average molecular weight is 919 g/mol. The van der Waals surface area contributed by atoms with Crippen molar-refractivity contribution in [2.45, 2.75) is 161 Å². The van der Waals surface area contributed by atoms with Crippen molar-refractivity contribution < 1.29 is 43.8 Å². The summed E-state index contributed by atoms with van der Waals surface area (Å²) in [6.45, 7) is 2.27. The van der Waals surface area contributed by atoms with Gasteiger partial charge < -0.3 is 39.0 Å². The molecule has 8 bridgehead atoms. The summed E-state index contributed by atoms with van der Waals surface area (Å²) in [5, 5.41) is 31.8. The highest BCUT2D eigenvalue weighted by Gasteiger charge is 2.26. The fraction of sp³-hybridized carbons (Fsp3) is 0.500. The van der Waals surface area contributed by atoms with Crippen LogP contribution in [-0.2, 0) is 30.5 Å². The molecule has 4 aromatic rings. The maximum absolute atomic E-state index is 13.0. The first-order valence-electron chi connectivity index (χ1n) is 25.1. The van der Waals surface area contributed by atoms with Gasteiger partial charge in [-0.1, -0.05) is 120 Å². The number of allylic oxidation sites excluding steroid dienone is 4. The van der Waals surface area contributed by atoms with Crippen LogP contribution in [-0.4, -0.2) is 49.7 Å². The highest BCUT2D eigenvalue weighted by molar-refractivity contribution is 5.84. The van der Waals surface area contributed by atoms with Gasteiger partial charge in [0.05, 0.1) is 28.4 Å². The minimum Gasteiger partial charge on any atom is -0.507 e. The minimum absolute atomic E-state index is 0.109. The smallest absolute Gasteiger partial charge is 0.311 e. The first-order chi connectivity index (χ1) is 32.7. The third-order valence-corrected chi connectivity index (χ3v) is 12.9. The Labute approximate surface area is 401 Å². The molecule has 0 heterocycles. The lowest BCUT2D eigenvalue weighted by atomic mass is 9.95. The van der Waals surface area contributed by atoms with E-state index in [1.807, 2.05) is 36.4 Å². The summed E-state index contributed by atoms with van der Waals surface area (Å²) in [5.74, 6) is 2.28. The van der Waals surface area contributed by atoms with Crippen molar-refractivity contribution in [1.82, 2.24) is 0 Å². The molecule has 2 aliphatic rings. The Morgan fingerprint density at radius 3 is 1.39 bits per heavy atom. The third-order valence-electron chi connectivity index (χ3n) is 12.9. The van der Waals surface area contributed by atoms with Crippen LogP contribution in [0.4, 0.5) is 0 Å². The molecule has 2 aliphatic carbocycles. The van der Waals surface area contributed by atoms with E-state index in [4.69, 9.17) is 23.7 Å². The van der Waals surface area contributed by atoms with Crippen molar-refractivity contribution in [1.29, 1.82) is 0 Å². The van der Waals surface area contributed by atoms with Crippen LogP contribution in [0.5, 0.6) is 46.0 Å². The van der Waals surface area contributed by atoms with Gasteiger partial charge in [0.25, 0.3) is 0 Å². The van der Waals surface area contributed by atoms with E-state index in [-0.39, 0.29) is 23.2 Å². The van der Waals surface area contributed by atoms with Crippen molar-refractivity contribution in [3.63, 3.8) is 0 Å². The summed E-state index contributed by atoms with van der Waals surface area (Å²) in [6.07, 6.45) is 34.6. The number of phenolic OH excluding ortho intramolecular Hbond substituents is 3. The second-order valence-electron chi connectivity index (χ2n) is 18.0. The van der Waals surface area contributed by atoms with E-state index in [0.717, 1.165) is 117 Å². The number of methoxy groups -OCH3 is 4. The standard InChI is InChI=1S/C37H54O5.C21H24O4/c1-4-5-6-7-8-9-10-11-12-13-14-18-21-24-34(39)42-35-30-23-20-17-15-16-19-22-29-25-26-33(38)31(27-29)32(28-30)36(40-2)37(35)41-3;1-24-20-17-13-15(19(23)21(20)25-2)9-7-5-3-4-6-8-14-10-11-18(22)16(17)12-14/h15-16,25-28,38H,4-14,17-24H2,1-3H3;3-4,10-13,22-23H,5-9H2,1-2H3/b16-15+;4-3+. The Morgan fingerprint density at radius 1 is 0.463 bits per heavy atom. The van der Waals surface area contributed by atoms with Gasteiger partial charge in [0.1, 0.15) is 11.5 Å². The summed E-state index contributed by atoms with van der Waals surface area (Å²) in [7, 11) is 6.21. The molecule has 0 saturated heterocycles. The summed E-state index contributed by atoms with van der Waals surface area (Å²) < 4.78 is 28.6. The number of aryl methyl sites for hydroxylation is 4. The van der Waals surface area contributed by atoms with Gasteiger partial charge in [-0.3, -0.25) is 4.79 Å². The van der Waals surface area contributed by atoms with Crippen LogP contribution in [0.25, 0.3) is 22.3 Å². The first-order valence-corrected chi connectivity index (χ1v) is 25.1. The minimum atomic E-state index is -0.241. The molecule has 9 nitrogen and oxygen atoms in total. The summed E-state index contributed by atoms with van der Waals surface area (Å²) in [4.78, 5) is 13.0. The number of rotatable bonds is 19. The number of hydrogen-bond donors (Lipinski definition) is 3. The molecule has 0 saturated carbocycles. The molecular weight excluding hydrogens is 841 g/mol. The number of benzene rings is 4. The monoisotopic (exact) mass is 919 g/mol. The number of ether oxygens (including phenoxy) is 5. The molecule has 9 heteroatoms. The summed E-state index contributed by atoms with van der Waals surface area (Å²) in [6, 6.07) is 15.3. The van der Waals surface area contributed by atoms with Crippen LogP contribution >= 0.6 is 0 Å². The summed E-state index contributed by atoms with van der Waals surface area (Å²) >= 11 is 0. The molecule has 364 valence electrons. The predicted octanol–water partition coefficient (Wildman–Crippen LogP) is 14.9. The zero-order valence-corrected chi connectivity index (χ0v) is 41.2. The fourth-order valence-electron chi connectivity index (χ4n) is 9.18. The number of esters is 1. The number of fused-ring (bicyclic) bond motifs is 10. The highest BCUT2D eigenvalue weighted by Crippen LogP contribution is 2.50. The Balaban J connectivity index is 0.000000284. The molecule has 0 aliphatic heterocycles. The lowest BCUT2D eigenvalue weighted by molar-refractivity contribution is -0.134. The molecule has 67 heavy (non-hydrogen) atoms. The van der Waals surface area contributed by atoms with Gasteiger partial charge in [-0.15, -0.1) is 0 Å². The summed E-state index contributed by atoms with van der Waals surface area (Å²) in [5.41, 5.74) is 6.83. The number of hydrogen-bond acceptors (Lipinski definition) is 9. The normalized spacial score (nSPS) is 14.5. The Hall–Kier alpha value is -5.57. The second-order valence-corrected chi connectivity index (χ2v) is 18.0. The molecule has 0 aromatic heterocycles. The molecule has 3 N–H and O–H groups in total. The molecule has 0 radical (unpaired) electrons. The SMILES string of the molecule is CCCCCCCCCCCCCCCC(=O)Oc1c2cc(c(OC)c1OC)-c1cc(ccc1O)CC/C=C/CCC2.COc1c2cc(c(O)c1OC)CCC/C=C/CCc1ccc(O)c-2c1. The number of aromatic hydroxyl groups is 3. The Bertz CT molecular complexity index is 2220. The number of carbonyl (C=O) groups is 1. The van der Waals surface area contributed by atoms with E-state index >= 15 is 0 Å². The van der Waals surface area contributed by atoms with Gasteiger partial charge in [0.2, 0.25) is 11.5 Å². The van der Waals surface area contributed by atoms with Crippen molar-refractivity contribution in [3.8, 4) is 68.2 Å². The molecule has 0 unspecified atom stereocenters. The molecule has 0 fully saturated rings. The van der Waals surface area contributed by atoms with Crippen LogP contribution in [0, 0.1) is 0 Å². The molecular formula is C58H78O9. The lowest BCUT2D eigenvalue weighted by Gasteiger charge is -2.21. The van der Waals surface area contributed by atoms with Crippen molar-refractivity contribution in [2.75, 3.05) is 28.4 Å². The number of carbonyl (C=O) groups excluding carboxylic acids is 1. The second kappa shape index (κ2) is 28.6. The number of phenols is 3. The third kappa shape index (κ3) is 15.5. The number of unbranched alkanes of at least 4 members (excludes halogenated alkanes) is 12. The molecule has 4 aromatic carbocycles. The van der Waals surface area contributed by atoms with E-state index < -0.39 is 0 Å². The predicted molar refractivity (Wildman–Crippen MR) is 272 cm³/mol. The van der Waals surface area contributed by atoms with Crippen molar-refractivity contribution in [2.24, 2.45) is 0 Å². The van der Waals surface area contributed by atoms with Gasteiger partial charge >= 0.3 is 5.97 Å². The Kier molecular flexibility index (Phi) is 22.3. The van der Waals surface area contributed by atoms with E-state index in [1.54, 1.807) is 33.5 Å². The van der Waals surface area contributed by atoms with Crippen LogP contribution in [0.15, 0.2) is 72.8 Å².